The Morgan fingerprint density at radius 3 is 1.56 bits per heavy atom. The number of fused-ring (bicyclic) bond motifs is 7. The summed E-state index contributed by atoms with van der Waals surface area (Å²) in [4.78, 5) is 0. The summed E-state index contributed by atoms with van der Waals surface area (Å²) in [6.45, 7) is 15.4. The van der Waals surface area contributed by atoms with Crippen LogP contribution in [0.4, 0.5) is 0 Å². The second-order valence-electron chi connectivity index (χ2n) is 26.6. The molecule has 11 rings (SSSR count). The normalized spacial score (nSPS) is 58.4. The molecule has 36 atom stereocenters. The third kappa shape index (κ3) is 10.7. The number of rotatable bonds is 11. The van der Waals surface area contributed by atoms with Crippen LogP contribution in [0.15, 0.2) is 11.6 Å². The van der Waals surface area contributed by atoms with Crippen molar-refractivity contribution in [2.45, 2.75) is 285 Å². The van der Waals surface area contributed by atoms with Gasteiger partial charge in [-0.25, -0.2) is 0 Å². The lowest BCUT2D eigenvalue weighted by atomic mass is 9.47. The van der Waals surface area contributed by atoms with Gasteiger partial charge >= 0.3 is 0 Å². The Balaban J connectivity index is 0.704. The number of ether oxygens (including phenoxy) is 12. The minimum absolute atomic E-state index is 0.0201. The Morgan fingerprint density at radius 2 is 1.02 bits per heavy atom. The molecule has 81 heavy (non-hydrogen) atoms. The zero-order chi connectivity index (χ0) is 58.1. The Kier molecular flexibility index (Phi) is 17.7. The molecule has 464 valence electrons. The largest absolute Gasteiger partial charge is 0.394 e. The van der Waals surface area contributed by atoms with Gasteiger partial charge in [0.15, 0.2) is 37.2 Å². The zero-order valence-electron chi connectivity index (χ0n) is 47.7. The first-order valence-corrected chi connectivity index (χ1v) is 30.0. The van der Waals surface area contributed by atoms with Crippen LogP contribution in [-0.4, -0.2) is 246 Å². The van der Waals surface area contributed by atoms with Crippen molar-refractivity contribution < 1.29 is 118 Å². The van der Waals surface area contributed by atoms with Crippen LogP contribution in [0.25, 0.3) is 0 Å². The van der Waals surface area contributed by atoms with E-state index in [1.807, 2.05) is 0 Å². The fraction of sp³-hybridized carbons (Fsp3) is 0.965. The molecular weight excluding hydrogens is 1070 g/mol. The molecule has 12 N–H and O–H groups in total. The van der Waals surface area contributed by atoms with Gasteiger partial charge in [0.25, 0.3) is 0 Å². The third-order valence-corrected chi connectivity index (χ3v) is 21.8. The molecule has 24 nitrogen and oxygen atoms in total. The van der Waals surface area contributed by atoms with E-state index in [1.165, 1.54) is 33.3 Å². The molecule has 0 bridgehead atoms. The Hall–Kier alpha value is -1.22. The summed E-state index contributed by atoms with van der Waals surface area (Å²) in [6, 6.07) is 0. The van der Waals surface area contributed by atoms with Gasteiger partial charge in [-0.3, -0.25) is 0 Å². The zero-order valence-corrected chi connectivity index (χ0v) is 47.7. The van der Waals surface area contributed by atoms with Crippen molar-refractivity contribution in [1.29, 1.82) is 0 Å². The lowest BCUT2D eigenvalue weighted by Crippen LogP contribution is -2.67. The van der Waals surface area contributed by atoms with Crippen molar-refractivity contribution in [2.24, 2.45) is 46.3 Å². The Bertz CT molecular complexity index is 2190. The fourth-order valence-electron chi connectivity index (χ4n) is 16.8. The van der Waals surface area contributed by atoms with Gasteiger partial charge in [0.05, 0.1) is 49.8 Å². The summed E-state index contributed by atoms with van der Waals surface area (Å²) >= 11 is 0. The van der Waals surface area contributed by atoms with Crippen LogP contribution in [0.1, 0.15) is 113 Å². The highest BCUT2D eigenvalue weighted by atomic mass is 16.8. The average Bonchev–Trinajstić information content (AvgIpc) is 3.66. The fourth-order valence-corrected chi connectivity index (χ4v) is 16.8. The minimum Gasteiger partial charge on any atom is -0.394 e. The van der Waals surface area contributed by atoms with Crippen LogP contribution in [-0.2, 0) is 56.8 Å². The van der Waals surface area contributed by atoms with Crippen molar-refractivity contribution in [3.05, 3.63) is 11.6 Å². The molecule has 7 heterocycles. The van der Waals surface area contributed by atoms with Crippen LogP contribution in [0.3, 0.4) is 0 Å². The quantitative estimate of drug-likeness (QED) is 0.110. The summed E-state index contributed by atoms with van der Waals surface area (Å²) in [5, 5.41) is 133. The lowest BCUT2D eigenvalue weighted by molar-refractivity contribution is -0.391. The number of hydrogen-bond donors (Lipinski definition) is 12. The van der Waals surface area contributed by atoms with Crippen LogP contribution in [0, 0.1) is 46.3 Å². The molecule has 0 radical (unpaired) electrons. The summed E-state index contributed by atoms with van der Waals surface area (Å²) in [5.74, 6) is 2.56. The summed E-state index contributed by atoms with van der Waals surface area (Å²) in [6.07, 6.45) is -28.0. The van der Waals surface area contributed by atoms with Crippen LogP contribution in [0.2, 0.25) is 0 Å². The highest BCUT2D eigenvalue weighted by Crippen LogP contribution is 2.71. The lowest BCUT2D eigenvalue weighted by Gasteiger charge is -2.58. The summed E-state index contributed by atoms with van der Waals surface area (Å²) < 4.78 is 73.0. The SMILES string of the molecule is C[C@@H]1CC[C@@]2(OC1)O[C@H]1C[C@H]3[C@@H]4CC=C5C[C@@H](O[C@@H]6O[C@H](CO)[C@@H](O[C@@H]7O[C@@H](C)[C@H](O)[C@@H](O[C@@H]8O[C@@H](C)[C@H](O)[C@@H](O[C@@H]9O[C@@H](C)[C@H](O)[C@@H](O[C@@H]%10O[C@@H](C)[C@H](O)[C@@H](O)[C@H]%10O)[C@H]9O)[C@H]8O)[C@H]7O)[C@H](O)[C@H]6O)CC[C@]5(C)[C@H]4CC[C@]3(C)[C@H]1[C@@H]2C. The van der Waals surface area contributed by atoms with Crippen LogP contribution in [0.5, 0.6) is 0 Å². The van der Waals surface area contributed by atoms with Gasteiger partial charge in [0.2, 0.25) is 0 Å². The number of aliphatic hydroxyl groups excluding tert-OH is 12. The van der Waals surface area contributed by atoms with Crippen LogP contribution >= 0.6 is 0 Å². The van der Waals surface area contributed by atoms with E-state index in [2.05, 4.69) is 33.8 Å². The minimum atomic E-state index is -1.92. The molecule has 0 aromatic rings. The number of aliphatic hydroxyl groups is 12. The highest BCUT2D eigenvalue weighted by Gasteiger charge is 2.69. The molecule has 0 aromatic carbocycles. The first kappa shape index (κ1) is 61.4. The van der Waals surface area contributed by atoms with Gasteiger partial charge in [-0.1, -0.05) is 39.3 Å². The molecule has 10 fully saturated rings. The van der Waals surface area contributed by atoms with Crippen molar-refractivity contribution in [3.63, 3.8) is 0 Å². The average molecular weight is 1160 g/mol. The van der Waals surface area contributed by atoms with E-state index in [-0.39, 0.29) is 23.0 Å². The second kappa shape index (κ2) is 23.4. The van der Waals surface area contributed by atoms with Crippen molar-refractivity contribution in [3.8, 4) is 0 Å². The smallest absolute Gasteiger partial charge is 0.187 e. The molecular formula is C57H92O24. The molecule has 24 heteroatoms. The first-order chi connectivity index (χ1) is 38.3. The second-order valence-corrected chi connectivity index (χ2v) is 26.6. The maximum absolute atomic E-state index is 11.8. The van der Waals surface area contributed by atoms with Crippen LogP contribution < -0.4 is 0 Å². The van der Waals surface area contributed by atoms with E-state index in [1.54, 1.807) is 0 Å². The Labute approximate surface area is 472 Å². The van der Waals surface area contributed by atoms with E-state index >= 15 is 0 Å². The topological polar surface area (TPSA) is 354 Å². The third-order valence-electron chi connectivity index (χ3n) is 21.8. The molecule has 11 aliphatic rings. The van der Waals surface area contributed by atoms with Gasteiger partial charge in [-0.05, 0) is 119 Å². The summed E-state index contributed by atoms with van der Waals surface area (Å²) in [7, 11) is 0. The predicted octanol–water partition coefficient (Wildman–Crippen LogP) is -1.05. The standard InChI is InChI=1S/C57H92O24/c1-21-11-16-57(70-20-21)22(2)34-32(81-57)18-31-29-10-9-27-17-28(12-14-55(27,7)30(29)13-15-56(31,34)8)75-51-42(66)40(64)46(33(19-58)76-51)77-52-43(67)48(37(61)24(4)72-52)79-54-45(69)49(38(62)26(6)74-54)80-53-44(68)47(36(60)25(5)73-53)78-50-41(65)39(63)35(59)23(3)71-50/h9,21-26,28-54,58-69H,10-20H2,1-8H3/t21-,22+,23+,24+,25+,26+,28+,29-,30+,31+,32+,33-,34+,35+,36+,37+,38+,39-,40-,41-,42-,43-,44-,45-,46-,47-,48-,49-,50+,51-,52+,53+,54+,55+,56+,57-/m1/s1. The molecule has 7 saturated heterocycles. The summed E-state index contributed by atoms with van der Waals surface area (Å²) in [5.41, 5.74) is 1.51. The maximum Gasteiger partial charge on any atom is 0.187 e. The molecule has 1 spiro atoms. The number of allylic oxidation sites excluding steroid dienone is 1. The van der Waals surface area contributed by atoms with E-state index in [9.17, 15) is 61.3 Å². The van der Waals surface area contributed by atoms with E-state index < -0.39 is 166 Å². The van der Waals surface area contributed by atoms with E-state index in [0.29, 0.717) is 48.3 Å². The van der Waals surface area contributed by atoms with Gasteiger partial charge in [0, 0.05) is 12.3 Å². The number of hydrogen-bond acceptors (Lipinski definition) is 24. The van der Waals surface area contributed by atoms with Crippen molar-refractivity contribution in [1.82, 2.24) is 0 Å². The van der Waals surface area contributed by atoms with E-state index in [4.69, 9.17) is 56.8 Å². The molecule has 0 unspecified atom stereocenters. The highest BCUT2D eigenvalue weighted by molar-refractivity contribution is 5.26. The predicted molar refractivity (Wildman–Crippen MR) is 275 cm³/mol. The molecule has 3 saturated carbocycles. The monoisotopic (exact) mass is 1160 g/mol. The molecule has 0 amide bonds. The molecule has 7 aliphatic heterocycles. The molecule has 0 aromatic heterocycles. The first-order valence-electron chi connectivity index (χ1n) is 30.0. The van der Waals surface area contributed by atoms with Gasteiger partial charge < -0.3 is 118 Å². The van der Waals surface area contributed by atoms with Crippen molar-refractivity contribution in [2.75, 3.05) is 13.2 Å². The van der Waals surface area contributed by atoms with Gasteiger partial charge in [-0.15, -0.1) is 0 Å². The van der Waals surface area contributed by atoms with Crippen molar-refractivity contribution >= 4 is 0 Å². The van der Waals surface area contributed by atoms with Gasteiger partial charge in [0.1, 0.15) is 97.7 Å². The molecule has 4 aliphatic carbocycles. The van der Waals surface area contributed by atoms with Gasteiger partial charge in [-0.2, -0.15) is 0 Å². The Morgan fingerprint density at radius 1 is 0.519 bits per heavy atom. The maximum atomic E-state index is 11.8. The van der Waals surface area contributed by atoms with E-state index in [0.717, 1.165) is 51.6 Å².